The Morgan fingerprint density at radius 1 is 1.07 bits per heavy atom. The summed E-state index contributed by atoms with van der Waals surface area (Å²) >= 11 is 0. The minimum atomic E-state index is -4.93. The number of aldehydes is 1. The molecule has 0 amide bonds. The van der Waals surface area contributed by atoms with Crippen molar-refractivity contribution in [1.29, 1.82) is 0 Å². The second kappa shape index (κ2) is 6.65. The summed E-state index contributed by atoms with van der Waals surface area (Å²) in [6.07, 6.45) is 3.25. The van der Waals surface area contributed by atoms with Crippen molar-refractivity contribution in [2.45, 2.75) is 0 Å². The molecule has 0 spiro atoms. The molecule has 1 rings (SSSR count). The van der Waals surface area contributed by atoms with Crippen LogP contribution in [0.15, 0.2) is 30.3 Å². The van der Waals surface area contributed by atoms with Crippen LogP contribution in [0.25, 0.3) is 6.08 Å². The molecule has 1 nitrogen and oxygen atoms in total. The van der Waals surface area contributed by atoms with Crippen LogP contribution in [0, 0.1) is 0 Å². The second-order valence-electron chi connectivity index (χ2n) is 2.74. The molecule has 0 fully saturated rings. The Morgan fingerprint density at radius 2 is 1.60 bits per heavy atom. The largest absolute Gasteiger partial charge is 1.00 e. The average Bonchev–Trinajstić information content (AvgIpc) is 2.14. The number of benzene rings is 1. The number of carbonyl (C=O) groups is 1. The predicted octanol–water partition coefficient (Wildman–Crippen LogP) is -1.04. The first-order chi connectivity index (χ1) is 6.54. The minimum Gasteiger partial charge on any atom is -0.445 e. The first-order valence-corrected chi connectivity index (χ1v) is 3.96. The van der Waals surface area contributed by atoms with Crippen LogP contribution in [0.3, 0.4) is 0 Å². The molecular weight excluding hydrogens is 231 g/mol. The summed E-state index contributed by atoms with van der Waals surface area (Å²) in [5, 5.41) is 0. The van der Waals surface area contributed by atoms with Gasteiger partial charge in [0.25, 0.3) is 0 Å². The van der Waals surface area contributed by atoms with Gasteiger partial charge >= 0.3 is 58.4 Å². The summed E-state index contributed by atoms with van der Waals surface area (Å²) in [4.78, 5) is 9.94. The Morgan fingerprint density at radius 3 is 2.00 bits per heavy atom. The number of rotatable bonds is 3. The molecule has 0 atom stereocenters. The first-order valence-electron chi connectivity index (χ1n) is 3.96. The van der Waals surface area contributed by atoms with Crippen LogP contribution >= 0.6 is 0 Å². The maximum atomic E-state index is 12.2. The third-order valence-corrected chi connectivity index (χ3v) is 1.68. The summed E-state index contributed by atoms with van der Waals surface area (Å²) in [6.45, 7) is -4.93. The fraction of sp³-hybridized carbons (Fsp3) is 0. The van der Waals surface area contributed by atoms with Gasteiger partial charge in [-0.2, -0.15) is 0 Å². The molecule has 0 aliphatic rings. The molecule has 74 valence electrons. The van der Waals surface area contributed by atoms with Crippen molar-refractivity contribution < 1.29 is 69.1 Å². The van der Waals surface area contributed by atoms with Crippen LogP contribution in [0.5, 0.6) is 0 Å². The van der Waals surface area contributed by atoms with Crippen molar-refractivity contribution in [2.75, 3.05) is 0 Å². The minimum absolute atomic E-state index is 0. The molecule has 0 bridgehead atoms. The monoisotopic (exact) mass is 238 g/mol. The molecule has 0 saturated heterocycles. The van der Waals surface area contributed by atoms with Gasteiger partial charge in [0.15, 0.2) is 0 Å². The maximum Gasteiger partial charge on any atom is 1.00 e. The molecule has 15 heavy (non-hydrogen) atoms. The Kier molecular flexibility index (Phi) is 6.70. The van der Waals surface area contributed by atoms with Crippen molar-refractivity contribution in [3.8, 4) is 0 Å². The van der Waals surface area contributed by atoms with E-state index >= 15 is 0 Å². The van der Waals surface area contributed by atoms with Crippen LogP contribution in [0.1, 0.15) is 5.56 Å². The Labute approximate surface area is 128 Å². The fourth-order valence-electron chi connectivity index (χ4n) is 0.976. The zero-order valence-electron chi connectivity index (χ0n) is 8.16. The molecular formula is C9H7BF3KO. The van der Waals surface area contributed by atoms with Crippen LogP contribution in [0.4, 0.5) is 12.9 Å². The van der Waals surface area contributed by atoms with Crippen LogP contribution in [-0.4, -0.2) is 13.3 Å². The second-order valence-corrected chi connectivity index (χ2v) is 2.74. The van der Waals surface area contributed by atoms with E-state index in [2.05, 4.69) is 0 Å². The van der Waals surface area contributed by atoms with Gasteiger partial charge < -0.3 is 12.9 Å². The van der Waals surface area contributed by atoms with Crippen molar-refractivity contribution in [3.05, 3.63) is 35.9 Å². The van der Waals surface area contributed by atoms with E-state index in [0.29, 0.717) is 11.8 Å². The van der Waals surface area contributed by atoms with E-state index in [9.17, 15) is 17.7 Å². The fourth-order valence-corrected chi connectivity index (χ4v) is 0.976. The van der Waals surface area contributed by atoms with Gasteiger partial charge in [0, 0.05) is 0 Å². The Hall–Kier alpha value is 0.121. The van der Waals surface area contributed by atoms with Crippen LogP contribution < -0.4 is 56.8 Å². The summed E-state index contributed by atoms with van der Waals surface area (Å²) < 4.78 is 36.5. The molecule has 0 N–H and O–H groups in total. The van der Waals surface area contributed by atoms with Crippen LogP contribution in [0.2, 0.25) is 0 Å². The molecule has 0 aliphatic heterocycles. The summed E-state index contributed by atoms with van der Waals surface area (Å²) in [5.74, 6) is 0. The number of allylic oxidation sites excluding steroid dienone is 1. The molecule has 0 aromatic heterocycles. The summed E-state index contributed by atoms with van der Waals surface area (Å²) in [7, 11) is 0. The maximum absolute atomic E-state index is 12.2. The van der Waals surface area contributed by atoms with Gasteiger partial charge in [0.1, 0.15) is 6.29 Å². The third kappa shape index (κ3) is 5.12. The number of carbonyl (C=O) groups excluding carboxylic acids is 1. The van der Waals surface area contributed by atoms with E-state index in [1.54, 1.807) is 0 Å². The zero-order valence-corrected chi connectivity index (χ0v) is 11.3. The van der Waals surface area contributed by atoms with Crippen molar-refractivity contribution in [3.63, 3.8) is 0 Å². The van der Waals surface area contributed by atoms with Gasteiger partial charge in [-0.3, -0.25) is 4.79 Å². The number of hydrogen-bond acceptors (Lipinski definition) is 1. The van der Waals surface area contributed by atoms with Gasteiger partial charge in [-0.15, -0.1) is 5.46 Å². The van der Waals surface area contributed by atoms with Crippen molar-refractivity contribution in [1.82, 2.24) is 0 Å². The topological polar surface area (TPSA) is 17.1 Å². The third-order valence-electron chi connectivity index (χ3n) is 1.68. The SMILES string of the molecule is O=C/C=C/c1ccc([B-](F)(F)F)cc1.[K+]. The molecule has 6 heteroatoms. The predicted molar refractivity (Wildman–Crippen MR) is 50.3 cm³/mol. The smallest absolute Gasteiger partial charge is 0.445 e. The average molecular weight is 238 g/mol. The van der Waals surface area contributed by atoms with E-state index in [4.69, 9.17) is 0 Å². The molecule has 1 aromatic rings. The first kappa shape index (κ1) is 15.1. The Balaban J connectivity index is 0.00000196. The summed E-state index contributed by atoms with van der Waals surface area (Å²) in [6, 6.07) is 4.66. The number of halogens is 3. The normalized spacial score (nSPS) is 11.1. The molecule has 0 heterocycles. The van der Waals surface area contributed by atoms with Crippen molar-refractivity contribution in [2.24, 2.45) is 0 Å². The van der Waals surface area contributed by atoms with Gasteiger partial charge in [-0.1, -0.05) is 30.3 Å². The van der Waals surface area contributed by atoms with Crippen molar-refractivity contribution >= 4 is 24.8 Å². The molecule has 0 unspecified atom stereocenters. The quantitative estimate of drug-likeness (QED) is 0.373. The van der Waals surface area contributed by atoms with Gasteiger partial charge in [-0.25, -0.2) is 0 Å². The zero-order chi connectivity index (χ0) is 10.6. The van der Waals surface area contributed by atoms with Gasteiger partial charge in [-0.05, 0) is 11.6 Å². The molecule has 0 aliphatic carbocycles. The van der Waals surface area contributed by atoms with E-state index in [1.807, 2.05) is 0 Å². The number of hydrogen-bond donors (Lipinski definition) is 0. The van der Waals surface area contributed by atoms with E-state index in [0.717, 1.165) is 12.1 Å². The summed E-state index contributed by atoms with van der Waals surface area (Å²) in [5.41, 5.74) is -0.0610. The Bertz CT molecular complexity index is 345. The molecule has 0 radical (unpaired) electrons. The van der Waals surface area contributed by atoms with Gasteiger partial charge in [0.05, 0.1) is 0 Å². The van der Waals surface area contributed by atoms with E-state index in [1.165, 1.54) is 24.3 Å². The van der Waals surface area contributed by atoms with Gasteiger partial charge in [0.2, 0.25) is 0 Å². The van der Waals surface area contributed by atoms with E-state index < -0.39 is 12.4 Å². The molecule has 0 saturated carbocycles. The van der Waals surface area contributed by atoms with Crippen LogP contribution in [-0.2, 0) is 4.79 Å². The molecule has 1 aromatic carbocycles. The standard InChI is InChI=1S/C9H7BF3O.K/c11-10(12,13)9-5-3-8(4-6-9)2-1-7-14;/h1-7H;/q-1;+1/b2-1+;. The van der Waals surface area contributed by atoms with E-state index in [-0.39, 0.29) is 51.4 Å².